The first-order valence-electron chi connectivity index (χ1n) is 9.86. The topological polar surface area (TPSA) is 51.5 Å². The van der Waals surface area contributed by atoms with E-state index in [-0.39, 0.29) is 5.56 Å². The number of aromatic nitrogens is 1. The molecule has 0 aliphatic carbocycles. The summed E-state index contributed by atoms with van der Waals surface area (Å²) in [6.45, 7) is 6.65. The highest BCUT2D eigenvalue weighted by atomic mass is 35.5. The molecule has 2 aromatic carbocycles. The number of allylic oxidation sites excluding steroid dienone is 2. The van der Waals surface area contributed by atoms with E-state index in [1.165, 1.54) is 6.07 Å². The molecular formula is C25H26ClNO3. The number of ether oxygens (including phenoxy) is 1. The van der Waals surface area contributed by atoms with Crippen LogP contribution < -0.4 is 10.3 Å². The number of aliphatic hydroxyl groups is 1. The van der Waals surface area contributed by atoms with E-state index in [4.69, 9.17) is 16.3 Å². The molecule has 4 nitrogen and oxygen atoms in total. The Balaban J connectivity index is 1.74. The Morgan fingerprint density at radius 3 is 2.30 bits per heavy atom. The van der Waals surface area contributed by atoms with Crippen LogP contribution in [0.4, 0.5) is 0 Å². The van der Waals surface area contributed by atoms with Gasteiger partial charge in [0.2, 0.25) is 0 Å². The van der Waals surface area contributed by atoms with Gasteiger partial charge in [0, 0.05) is 17.3 Å². The molecule has 0 bridgehead atoms. The summed E-state index contributed by atoms with van der Waals surface area (Å²) < 4.78 is 7.42. The van der Waals surface area contributed by atoms with Gasteiger partial charge in [0.1, 0.15) is 12.4 Å². The van der Waals surface area contributed by atoms with Gasteiger partial charge < -0.3 is 14.4 Å². The molecule has 1 aromatic heterocycles. The third-order valence-corrected chi connectivity index (χ3v) is 5.21. The summed E-state index contributed by atoms with van der Waals surface area (Å²) in [6, 6.07) is 18.5. The van der Waals surface area contributed by atoms with Crippen molar-refractivity contribution in [3.63, 3.8) is 0 Å². The van der Waals surface area contributed by atoms with Crippen LogP contribution in [0.15, 0.2) is 77.2 Å². The Hall–Kier alpha value is -2.82. The lowest BCUT2D eigenvalue weighted by Gasteiger charge is -2.15. The average molecular weight is 424 g/mol. The molecule has 0 radical (unpaired) electrons. The van der Waals surface area contributed by atoms with Crippen LogP contribution >= 0.6 is 11.6 Å². The second-order valence-electron chi connectivity index (χ2n) is 7.52. The molecule has 0 amide bonds. The molecule has 3 rings (SSSR count). The Bertz CT molecular complexity index is 1080. The zero-order valence-electron chi connectivity index (χ0n) is 17.4. The second kappa shape index (κ2) is 9.79. The number of benzene rings is 2. The third-order valence-electron chi connectivity index (χ3n) is 4.96. The number of rotatable bonds is 7. The molecule has 0 aliphatic heterocycles. The van der Waals surface area contributed by atoms with Gasteiger partial charge in [-0.1, -0.05) is 53.6 Å². The third kappa shape index (κ3) is 5.62. The fourth-order valence-electron chi connectivity index (χ4n) is 3.13. The summed E-state index contributed by atoms with van der Waals surface area (Å²) in [7, 11) is 0. The van der Waals surface area contributed by atoms with Crippen molar-refractivity contribution in [1.29, 1.82) is 0 Å². The van der Waals surface area contributed by atoms with Crippen molar-refractivity contribution in [3.05, 3.63) is 105 Å². The summed E-state index contributed by atoms with van der Waals surface area (Å²) in [6.07, 6.45) is 1.25. The van der Waals surface area contributed by atoms with Crippen LogP contribution in [0.25, 0.3) is 5.57 Å². The highest BCUT2D eigenvalue weighted by molar-refractivity contribution is 6.30. The first-order valence-corrected chi connectivity index (χ1v) is 10.2. The first kappa shape index (κ1) is 21.9. The van der Waals surface area contributed by atoms with Gasteiger partial charge in [0.15, 0.2) is 0 Å². The minimum absolute atomic E-state index is 0.122. The number of nitrogens with zero attached hydrogens (tertiary/aromatic N) is 1. The largest absolute Gasteiger partial charge is 0.489 e. The van der Waals surface area contributed by atoms with Gasteiger partial charge in [-0.15, -0.1) is 0 Å². The van der Waals surface area contributed by atoms with Crippen molar-refractivity contribution in [3.8, 4) is 5.75 Å². The Morgan fingerprint density at radius 2 is 1.73 bits per heavy atom. The number of aliphatic hydroxyl groups excluding tert-OH is 1. The maximum absolute atomic E-state index is 12.6. The lowest BCUT2D eigenvalue weighted by Crippen LogP contribution is -2.19. The van der Waals surface area contributed by atoms with E-state index in [0.29, 0.717) is 23.9 Å². The quantitative estimate of drug-likeness (QED) is 0.536. The molecule has 0 spiro atoms. The fourth-order valence-corrected chi connectivity index (χ4v) is 3.25. The van der Waals surface area contributed by atoms with Gasteiger partial charge in [0.05, 0.1) is 12.6 Å². The van der Waals surface area contributed by atoms with Crippen LogP contribution in [-0.4, -0.2) is 9.67 Å². The van der Waals surface area contributed by atoms with Crippen LogP contribution in [0.3, 0.4) is 0 Å². The van der Waals surface area contributed by atoms with Crippen molar-refractivity contribution in [2.45, 2.75) is 40.0 Å². The molecule has 1 heterocycles. The first-order chi connectivity index (χ1) is 14.3. The Kier molecular flexibility index (Phi) is 7.14. The molecule has 0 saturated heterocycles. The van der Waals surface area contributed by atoms with Crippen LogP contribution in [0, 0.1) is 0 Å². The minimum atomic E-state index is -0.503. The fraction of sp³-hybridized carbons (Fsp3) is 0.240. The molecule has 1 unspecified atom stereocenters. The zero-order chi connectivity index (χ0) is 21.7. The molecule has 3 aromatic rings. The summed E-state index contributed by atoms with van der Waals surface area (Å²) >= 11 is 5.90. The van der Waals surface area contributed by atoms with Gasteiger partial charge in [-0.25, -0.2) is 0 Å². The maximum atomic E-state index is 12.6. The number of hydrogen-bond donors (Lipinski definition) is 1. The summed E-state index contributed by atoms with van der Waals surface area (Å²) in [5.41, 5.74) is 4.97. The predicted molar refractivity (Wildman–Crippen MR) is 122 cm³/mol. The van der Waals surface area contributed by atoms with Crippen molar-refractivity contribution in [1.82, 2.24) is 4.57 Å². The van der Waals surface area contributed by atoms with E-state index in [0.717, 1.165) is 27.8 Å². The molecule has 0 fully saturated rings. The van der Waals surface area contributed by atoms with E-state index in [2.05, 4.69) is 0 Å². The van der Waals surface area contributed by atoms with Gasteiger partial charge in [-0.2, -0.15) is 0 Å². The average Bonchev–Trinajstić information content (AvgIpc) is 2.72. The second-order valence-corrected chi connectivity index (χ2v) is 7.96. The van der Waals surface area contributed by atoms with Crippen molar-refractivity contribution < 1.29 is 9.84 Å². The number of halogens is 1. The predicted octanol–water partition coefficient (Wildman–Crippen LogP) is 5.63. The molecular weight excluding hydrogens is 398 g/mol. The highest BCUT2D eigenvalue weighted by Crippen LogP contribution is 2.23. The Morgan fingerprint density at radius 1 is 1.07 bits per heavy atom. The lowest BCUT2D eigenvalue weighted by molar-refractivity contribution is 0.199. The normalized spacial score (nSPS) is 11.8. The highest BCUT2D eigenvalue weighted by Gasteiger charge is 2.09. The lowest BCUT2D eigenvalue weighted by atomic mass is 9.99. The Labute approximate surface area is 182 Å². The molecule has 1 N–H and O–H groups in total. The van der Waals surface area contributed by atoms with E-state index >= 15 is 0 Å². The molecule has 5 heteroatoms. The van der Waals surface area contributed by atoms with Crippen molar-refractivity contribution >= 4 is 17.2 Å². The van der Waals surface area contributed by atoms with Gasteiger partial charge >= 0.3 is 0 Å². The summed E-state index contributed by atoms with van der Waals surface area (Å²) in [5, 5.41) is 10.4. The standard InChI is InChI=1S/C25H26ClNO3/c1-17(2)24(21-8-6-20(7-9-21)18(3)28)15-27-13-12-23(14-25(27)29)30-16-19-4-10-22(26)11-5-19/h4-14,18,28H,15-16H2,1-3H3. The molecule has 30 heavy (non-hydrogen) atoms. The van der Waals surface area contributed by atoms with Gasteiger partial charge in [-0.3, -0.25) is 4.79 Å². The van der Waals surface area contributed by atoms with Crippen LogP contribution in [0.1, 0.15) is 43.6 Å². The van der Waals surface area contributed by atoms with E-state index in [9.17, 15) is 9.90 Å². The number of pyridine rings is 1. The minimum Gasteiger partial charge on any atom is -0.489 e. The van der Waals surface area contributed by atoms with E-state index in [1.807, 2.05) is 62.4 Å². The number of hydrogen-bond acceptors (Lipinski definition) is 3. The van der Waals surface area contributed by atoms with Crippen molar-refractivity contribution in [2.24, 2.45) is 0 Å². The van der Waals surface area contributed by atoms with Crippen LogP contribution in [-0.2, 0) is 13.2 Å². The van der Waals surface area contributed by atoms with Gasteiger partial charge in [-0.05, 0) is 61.2 Å². The summed E-state index contributed by atoms with van der Waals surface area (Å²) in [5.74, 6) is 0.534. The molecule has 0 aliphatic rings. The monoisotopic (exact) mass is 423 g/mol. The maximum Gasteiger partial charge on any atom is 0.254 e. The zero-order valence-corrected chi connectivity index (χ0v) is 18.2. The molecule has 156 valence electrons. The van der Waals surface area contributed by atoms with Crippen LogP contribution in [0.2, 0.25) is 5.02 Å². The molecule has 0 saturated carbocycles. The molecule has 1 atom stereocenters. The van der Waals surface area contributed by atoms with E-state index < -0.39 is 6.10 Å². The smallest absolute Gasteiger partial charge is 0.254 e. The summed E-state index contributed by atoms with van der Waals surface area (Å²) in [4.78, 5) is 12.6. The van der Waals surface area contributed by atoms with E-state index in [1.54, 1.807) is 23.8 Å². The van der Waals surface area contributed by atoms with Gasteiger partial charge in [0.25, 0.3) is 5.56 Å². The van der Waals surface area contributed by atoms with Crippen LogP contribution in [0.5, 0.6) is 5.75 Å². The van der Waals surface area contributed by atoms with Crippen molar-refractivity contribution in [2.75, 3.05) is 0 Å². The SMILES string of the molecule is CC(C)=C(Cn1ccc(OCc2ccc(Cl)cc2)cc1=O)c1ccc(C(C)O)cc1.